The third kappa shape index (κ3) is 4.25. The lowest BCUT2D eigenvalue weighted by Gasteiger charge is -2.13. The summed E-state index contributed by atoms with van der Waals surface area (Å²) >= 11 is 0. The van der Waals surface area contributed by atoms with Crippen LogP contribution in [0.25, 0.3) is 21.8 Å². The van der Waals surface area contributed by atoms with Crippen LogP contribution in [0.4, 0.5) is 15.9 Å². The maximum absolute atomic E-state index is 13.8. The van der Waals surface area contributed by atoms with Crippen molar-refractivity contribution in [1.82, 2.24) is 19.9 Å². The predicted octanol–water partition coefficient (Wildman–Crippen LogP) is 5.25. The zero-order chi connectivity index (χ0) is 23.7. The molecule has 7 nitrogen and oxygen atoms in total. The largest absolute Gasteiger partial charge is 0.478 e. The van der Waals surface area contributed by atoms with E-state index in [1.165, 1.54) is 12.1 Å². The quantitative estimate of drug-likeness (QED) is 0.339. The number of carboxylic acid groups (broad SMARTS) is 1. The maximum Gasteiger partial charge on any atom is 0.335 e. The van der Waals surface area contributed by atoms with Crippen molar-refractivity contribution in [2.75, 3.05) is 5.32 Å². The van der Waals surface area contributed by atoms with Gasteiger partial charge in [0, 0.05) is 41.5 Å². The Labute approximate surface area is 194 Å². The molecule has 8 heteroatoms. The summed E-state index contributed by atoms with van der Waals surface area (Å²) in [6.45, 7) is 1.68. The van der Waals surface area contributed by atoms with Gasteiger partial charge in [-0.25, -0.2) is 24.1 Å². The van der Waals surface area contributed by atoms with Gasteiger partial charge in [-0.15, -0.1) is 0 Å². The molecule has 0 bridgehead atoms. The van der Waals surface area contributed by atoms with Crippen molar-refractivity contribution in [3.05, 3.63) is 95.5 Å². The van der Waals surface area contributed by atoms with Gasteiger partial charge in [0.15, 0.2) is 5.82 Å². The van der Waals surface area contributed by atoms with Crippen LogP contribution < -0.4 is 5.32 Å². The number of fused-ring (bicyclic) bond motifs is 3. The minimum Gasteiger partial charge on any atom is -0.478 e. The lowest BCUT2D eigenvalue weighted by Crippen LogP contribution is -2.04. The van der Waals surface area contributed by atoms with E-state index in [0.717, 1.165) is 22.8 Å². The Morgan fingerprint density at radius 3 is 2.68 bits per heavy atom. The Morgan fingerprint density at radius 2 is 1.91 bits per heavy atom. The van der Waals surface area contributed by atoms with E-state index in [1.54, 1.807) is 43.6 Å². The van der Waals surface area contributed by atoms with Crippen LogP contribution in [0.5, 0.6) is 0 Å². The van der Waals surface area contributed by atoms with Gasteiger partial charge in [-0.1, -0.05) is 12.1 Å². The van der Waals surface area contributed by atoms with Gasteiger partial charge in [0.05, 0.1) is 11.1 Å². The number of carbonyl (C=O) groups is 1. The van der Waals surface area contributed by atoms with Gasteiger partial charge in [-0.2, -0.15) is 0 Å². The number of benzene rings is 2. The number of carboxylic acids is 1. The summed E-state index contributed by atoms with van der Waals surface area (Å²) in [6.07, 6.45) is 6.65. The number of anilines is 2. The van der Waals surface area contributed by atoms with E-state index in [4.69, 9.17) is 4.98 Å². The number of aryl methyl sites for hydroxylation is 3. The number of hydrogen-bond donors (Lipinski definition) is 2. The monoisotopic (exact) mass is 453 g/mol. The van der Waals surface area contributed by atoms with Crippen molar-refractivity contribution in [1.29, 1.82) is 0 Å². The molecule has 5 rings (SSSR count). The van der Waals surface area contributed by atoms with Crippen LogP contribution in [0.1, 0.15) is 27.3 Å². The topological polar surface area (TPSA) is 101 Å². The Kier molecular flexibility index (Phi) is 5.55. The summed E-state index contributed by atoms with van der Waals surface area (Å²) in [5, 5.41) is 14.1. The van der Waals surface area contributed by atoms with E-state index in [1.807, 2.05) is 18.3 Å². The van der Waals surface area contributed by atoms with Crippen LogP contribution in [-0.4, -0.2) is 31.0 Å². The number of rotatable bonds is 6. The summed E-state index contributed by atoms with van der Waals surface area (Å²) < 4.78 is 13.8. The highest BCUT2D eigenvalue weighted by molar-refractivity contribution is 6.09. The molecule has 2 N–H and O–H groups in total. The molecule has 0 aliphatic heterocycles. The molecule has 0 atom stereocenters. The molecule has 2 aromatic carbocycles. The van der Waals surface area contributed by atoms with Crippen molar-refractivity contribution in [2.45, 2.75) is 19.8 Å². The molecule has 0 saturated heterocycles. The average molecular weight is 453 g/mol. The summed E-state index contributed by atoms with van der Waals surface area (Å²) in [7, 11) is 0. The molecule has 168 valence electrons. The van der Waals surface area contributed by atoms with Crippen molar-refractivity contribution >= 4 is 39.3 Å². The zero-order valence-electron chi connectivity index (χ0n) is 18.3. The van der Waals surface area contributed by atoms with Crippen molar-refractivity contribution < 1.29 is 14.3 Å². The first kappa shape index (κ1) is 21.4. The van der Waals surface area contributed by atoms with Gasteiger partial charge in [-0.3, -0.25) is 4.98 Å². The van der Waals surface area contributed by atoms with Gasteiger partial charge >= 0.3 is 5.97 Å². The fourth-order valence-corrected chi connectivity index (χ4v) is 3.82. The summed E-state index contributed by atoms with van der Waals surface area (Å²) in [5.74, 6) is -0.235. The SMILES string of the molecule is Cc1cc(Nc2nc3cc(C(=O)O)ccc3c3cnc(CCc4cccnc4)nc23)ccc1F. The van der Waals surface area contributed by atoms with Gasteiger partial charge in [0.2, 0.25) is 0 Å². The molecule has 5 aromatic rings. The Balaban J connectivity index is 1.62. The molecular formula is C26H20FN5O2. The van der Waals surface area contributed by atoms with Gasteiger partial charge < -0.3 is 10.4 Å². The highest BCUT2D eigenvalue weighted by Crippen LogP contribution is 2.30. The van der Waals surface area contributed by atoms with Crippen LogP contribution >= 0.6 is 0 Å². The summed E-state index contributed by atoms with van der Waals surface area (Å²) in [4.78, 5) is 29.6. The van der Waals surface area contributed by atoms with E-state index in [9.17, 15) is 14.3 Å². The standard InChI is InChI=1S/C26H20FN5O2/c1-15-11-18(6-8-21(15)27)30-25-24-20(19-7-5-17(26(33)34)12-22(19)31-25)14-29-23(32-24)9-4-16-3-2-10-28-13-16/h2-3,5-8,10-14H,4,9H2,1H3,(H,30,31)(H,33,34). The molecule has 0 spiro atoms. The minimum atomic E-state index is -1.03. The lowest BCUT2D eigenvalue weighted by molar-refractivity contribution is 0.0697. The molecular weight excluding hydrogens is 433 g/mol. The first-order valence-corrected chi connectivity index (χ1v) is 10.7. The Morgan fingerprint density at radius 1 is 1.03 bits per heavy atom. The molecule has 0 aliphatic rings. The van der Waals surface area contributed by atoms with E-state index < -0.39 is 5.97 Å². The second kappa shape index (κ2) is 8.82. The Bertz CT molecular complexity index is 1540. The van der Waals surface area contributed by atoms with Crippen molar-refractivity contribution in [3.63, 3.8) is 0 Å². The summed E-state index contributed by atoms with van der Waals surface area (Å²) in [5.41, 5.74) is 3.47. The molecule has 0 saturated carbocycles. The van der Waals surface area contributed by atoms with Crippen molar-refractivity contribution in [3.8, 4) is 0 Å². The Hall–Kier alpha value is -4.46. The highest BCUT2D eigenvalue weighted by atomic mass is 19.1. The lowest BCUT2D eigenvalue weighted by atomic mass is 10.1. The molecule has 0 radical (unpaired) electrons. The number of aromatic nitrogens is 4. The number of halogens is 1. The molecule has 34 heavy (non-hydrogen) atoms. The number of pyridine rings is 2. The highest BCUT2D eigenvalue weighted by Gasteiger charge is 2.14. The fraction of sp³-hybridized carbons (Fsp3) is 0.115. The molecule has 3 heterocycles. The second-order valence-corrected chi connectivity index (χ2v) is 8.00. The van der Waals surface area contributed by atoms with Crippen LogP contribution in [0, 0.1) is 12.7 Å². The van der Waals surface area contributed by atoms with Gasteiger partial charge in [0.1, 0.15) is 17.2 Å². The van der Waals surface area contributed by atoms with Crippen LogP contribution in [0.2, 0.25) is 0 Å². The molecule has 0 aliphatic carbocycles. The molecule has 0 fully saturated rings. The minimum absolute atomic E-state index is 0.136. The number of nitrogens with zero attached hydrogens (tertiary/aromatic N) is 4. The van der Waals surface area contributed by atoms with E-state index in [0.29, 0.717) is 40.3 Å². The number of aromatic carboxylic acids is 1. The number of nitrogens with one attached hydrogen (secondary N) is 1. The first-order valence-electron chi connectivity index (χ1n) is 10.7. The van der Waals surface area contributed by atoms with Crippen molar-refractivity contribution in [2.24, 2.45) is 0 Å². The van der Waals surface area contributed by atoms with Crippen LogP contribution in [0.15, 0.2) is 67.1 Å². The van der Waals surface area contributed by atoms with E-state index in [2.05, 4.69) is 20.3 Å². The predicted molar refractivity (Wildman–Crippen MR) is 128 cm³/mol. The molecule has 0 unspecified atom stereocenters. The molecule has 3 aromatic heterocycles. The van der Waals surface area contributed by atoms with Crippen LogP contribution in [-0.2, 0) is 12.8 Å². The van der Waals surface area contributed by atoms with E-state index >= 15 is 0 Å². The zero-order valence-corrected chi connectivity index (χ0v) is 18.3. The second-order valence-electron chi connectivity index (χ2n) is 8.00. The van der Waals surface area contributed by atoms with Gasteiger partial charge in [-0.05, 0) is 60.9 Å². The average Bonchev–Trinajstić information content (AvgIpc) is 2.85. The fourth-order valence-electron chi connectivity index (χ4n) is 3.82. The normalized spacial score (nSPS) is 11.1. The number of hydrogen-bond acceptors (Lipinski definition) is 6. The third-order valence-electron chi connectivity index (χ3n) is 5.61. The van der Waals surface area contributed by atoms with Crippen LogP contribution in [0.3, 0.4) is 0 Å². The maximum atomic E-state index is 13.8. The van der Waals surface area contributed by atoms with Gasteiger partial charge in [0.25, 0.3) is 0 Å². The molecule has 0 amide bonds. The smallest absolute Gasteiger partial charge is 0.335 e. The summed E-state index contributed by atoms with van der Waals surface area (Å²) in [6, 6.07) is 13.4. The third-order valence-corrected chi connectivity index (χ3v) is 5.61. The first-order chi connectivity index (χ1) is 16.5. The van der Waals surface area contributed by atoms with E-state index in [-0.39, 0.29) is 11.4 Å².